The highest BCUT2D eigenvalue weighted by atomic mass is 32.2. The van der Waals surface area contributed by atoms with Gasteiger partial charge in [0.15, 0.2) is 5.13 Å². The second-order valence-corrected chi connectivity index (χ2v) is 7.95. The van der Waals surface area contributed by atoms with Gasteiger partial charge in [-0.25, -0.2) is 4.98 Å². The van der Waals surface area contributed by atoms with Crippen LogP contribution in [0.4, 0.5) is 5.13 Å². The summed E-state index contributed by atoms with van der Waals surface area (Å²) < 4.78 is 5.16. The molecule has 0 saturated carbocycles. The van der Waals surface area contributed by atoms with Gasteiger partial charge in [-0.05, 0) is 27.2 Å². The highest BCUT2D eigenvalue weighted by Crippen LogP contribution is 2.32. The van der Waals surface area contributed by atoms with Crippen LogP contribution in [0, 0.1) is 0 Å². The summed E-state index contributed by atoms with van der Waals surface area (Å²) in [7, 11) is 0. The molecule has 0 radical (unpaired) electrons. The first-order chi connectivity index (χ1) is 9.98. The molecule has 1 saturated heterocycles. The monoisotopic (exact) mass is 328 g/mol. The molecule has 1 unspecified atom stereocenters. The molecule has 1 fully saturated rings. The highest BCUT2D eigenvalue weighted by Gasteiger charge is 2.34. The molecule has 0 amide bonds. The number of rotatable bonds is 5. The second kappa shape index (κ2) is 7.01. The quantitative estimate of drug-likeness (QED) is 0.776. The Kier molecular flexibility index (Phi) is 5.54. The highest BCUT2D eigenvalue weighted by molar-refractivity contribution is 8.00. The number of carbonyl (C=O) groups excluding carboxylic acids is 1. The lowest BCUT2D eigenvalue weighted by atomic mass is 9.90. The SMILES string of the molecule is CCOC(=O)C(C)(C)c1csc(N2CCSC(CC)C2)n1. The summed E-state index contributed by atoms with van der Waals surface area (Å²) in [6, 6.07) is 0. The van der Waals surface area contributed by atoms with Gasteiger partial charge in [0.1, 0.15) is 5.41 Å². The molecule has 118 valence electrons. The first kappa shape index (κ1) is 16.6. The Morgan fingerprint density at radius 1 is 1.52 bits per heavy atom. The van der Waals surface area contributed by atoms with Crippen LogP contribution in [0.15, 0.2) is 5.38 Å². The van der Waals surface area contributed by atoms with E-state index in [4.69, 9.17) is 9.72 Å². The summed E-state index contributed by atoms with van der Waals surface area (Å²) in [6.07, 6.45) is 1.19. The zero-order chi connectivity index (χ0) is 15.5. The third kappa shape index (κ3) is 3.72. The zero-order valence-corrected chi connectivity index (χ0v) is 14.9. The van der Waals surface area contributed by atoms with Crippen molar-refractivity contribution in [3.8, 4) is 0 Å². The van der Waals surface area contributed by atoms with E-state index in [9.17, 15) is 4.79 Å². The lowest BCUT2D eigenvalue weighted by molar-refractivity contribution is -0.148. The molecule has 1 aromatic rings. The van der Waals surface area contributed by atoms with E-state index < -0.39 is 5.41 Å². The van der Waals surface area contributed by atoms with E-state index in [1.165, 1.54) is 6.42 Å². The van der Waals surface area contributed by atoms with Crippen molar-refractivity contribution in [2.45, 2.75) is 44.8 Å². The minimum atomic E-state index is -0.681. The van der Waals surface area contributed by atoms with E-state index in [1.54, 1.807) is 11.3 Å². The largest absolute Gasteiger partial charge is 0.465 e. The van der Waals surface area contributed by atoms with Crippen molar-refractivity contribution >= 4 is 34.2 Å². The molecular formula is C15H24N2O2S2. The van der Waals surface area contributed by atoms with Crippen molar-refractivity contribution in [2.75, 3.05) is 30.3 Å². The van der Waals surface area contributed by atoms with Gasteiger partial charge in [0.25, 0.3) is 0 Å². The summed E-state index contributed by atoms with van der Waals surface area (Å²) in [5, 5.41) is 3.71. The molecule has 4 nitrogen and oxygen atoms in total. The van der Waals surface area contributed by atoms with Gasteiger partial charge in [-0.2, -0.15) is 11.8 Å². The number of hydrogen-bond donors (Lipinski definition) is 0. The normalized spacial score (nSPS) is 19.6. The molecule has 0 bridgehead atoms. The Hall–Kier alpha value is -0.750. The Morgan fingerprint density at radius 2 is 2.29 bits per heavy atom. The Bertz CT molecular complexity index is 488. The smallest absolute Gasteiger partial charge is 0.317 e. The van der Waals surface area contributed by atoms with Crippen LogP contribution in [-0.2, 0) is 14.9 Å². The van der Waals surface area contributed by atoms with Crippen molar-refractivity contribution in [3.63, 3.8) is 0 Å². The third-order valence-corrected chi connectivity index (χ3v) is 6.06. The van der Waals surface area contributed by atoms with Crippen LogP contribution >= 0.6 is 23.1 Å². The van der Waals surface area contributed by atoms with Crippen molar-refractivity contribution in [1.29, 1.82) is 0 Å². The molecule has 21 heavy (non-hydrogen) atoms. The van der Waals surface area contributed by atoms with Gasteiger partial charge in [-0.15, -0.1) is 11.3 Å². The summed E-state index contributed by atoms with van der Waals surface area (Å²) in [6.45, 7) is 10.3. The number of ether oxygens (including phenoxy) is 1. The van der Waals surface area contributed by atoms with E-state index in [2.05, 4.69) is 11.8 Å². The van der Waals surface area contributed by atoms with Crippen molar-refractivity contribution in [1.82, 2.24) is 4.98 Å². The van der Waals surface area contributed by atoms with Crippen LogP contribution in [0.5, 0.6) is 0 Å². The molecule has 1 aliphatic heterocycles. The van der Waals surface area contributed by atoms with E-state index in [0.29, 0.717) is 11.9 Å². The van der Waals surface area contributed by atoms with E-state index >= 15 is 0 Å². The Morgan fingerprint density at radius 3 is 2.95 bits per heavy atom. The third-order valence-electron chi connectivity index (χ3n) is 3.78. The number of thioether (sulfide) groups is 1. The number of anilines is 1. The molecule has 0 aliphatic carbocycles. The van der Waals surface area contributed by atoms with Gasteiger partial charge in [0.05, 0.1) is 12.3 Å². The molecule has 1 aliphatic rings. The number of hydrogen-bond acceptors (Lipinski definition) is 6. The number of esters is 1. The maximum absolute atomic E-state index is 12.1. The lowest BCUT2D eigenvalue weighted by Gasteiger charge is -2.31. The average molecular weight is 329 g/mol. The minimum Gasteiger partial charge on any atom is -0.465 e. The first-order valence-corrected chi connectivity index (χ1v) is 9.41. The number of thiazole rings is 1. The standard InChI is InChI=1S/C15H24N2O2S2/c1-5-11-9-17(7-8-20-11)14-16-12(10-21-14)15(3,4)13(18)19-6-2/h10-11H,5-9H2,1-4H3. The summed E-state index contributed by atoms with van der Waals surface area (Å²) in [5.74, 6) is 0.941. The average Bonchev–Trinajstić information content (AvgIpc) is 2.98. The van der Waals surface area contributed by atoms with Crippen LogP contribution in [0.3, 0.4) is 0 Å². The van der Waals surface area contributed by atoms with Gasteiger partial charge in [0.2, 0.25) is 0 Å². The van der Waals surface area contributed by atoms with Gasteiger partial charge in [0, 0.05) is 29.5 Å². The van der Waals surface area contributed by atoms with Crippen LogP contribution in [0.2, 0.25) is 0 Å². The molecule has 1 aromatic heterocycles. The summed E-state index contributed by atoms with van der Waals surface area (Å²) >= 11 is 3.68. The maximum Gasteiger partial charge on any atom is 0.317 e. The fraction of sp³-hybridized carbons (Fsp3) is 0.733. The number of nitrogens with zero attached hydrogens (tertiary/aromatic N) is 2. The van der Waals surface area contributed by atoms with Gasteiger partial charge in [-0.1, -0.05) is 6.92 Å². The van der Waals surface area contributed by atoms with E-state index in [1.807, 2.05) is 37.9 Å². The second-order valence-electron chi connectivity index (χ2n) is 5.71. The number of carbonyl (C=O) groups is 1. The summed E-state index contributed by atoms with van der Waals surface area (Å²) in [4.78, 5) is 19.1. The first-order valence-electron chi connectivity index (χ1n) is 7.48. The Balaban J connectivity index is 2.12. The Labute approximate surface area is 135 Å². The van der Waals surface area contributed by atoms with Crippen LogP contribution < -0.4 is 4.90 Å². The van der Waals surface area contributed by atoms with Gasteiger partial charge in [-0.3, -0.25) is 4.79 Å². The lowest BCUT2D eigenvalue weighted by Crippen LogP contribution is -2.38. The topological polar surface area (TPSA) is 42.4 Å². The van der Waals surface area contributed by atoms with Crippen molar-refractivity contribution in [2.24, 2.45) is 0 Å². The fourth-order valence-corrected chi connectivity index (χ4v) is 4.46. The molecule has 2 rings (SSSR count). The summed E-state index contributed by atoms with van der Waals surface area (Å²) in [5.41, 5.74) is 0.131. The van der Waals surface area contributed by atoms with Crippen LogP contribution in [-0.4, -0.2) is 41.7 Å². The van der Waals surface area contributed by atoms with Crippen molar-refractivity contribution in [3.05, 3.63) is 11.1 Å². The predicted octanol–water partition coefficient (Wildman–Crippen LogP) is 3.32. The predicted molar refractivity (Wildman–Crippen MR) is 90.5 cm³/mol. The zero-order valence-electron chi connectivity index (χ0n) is 13.2. The molecule has 1 atom stereocenters. The number of aromatic nitrogens is 1. The van der Waals surface area contributed by atoms with E-state index in [0.717, 1.165) is 29.7 Å². The van der Waals surface area contributed by atoms with Gasteiger partial charge >= 0.3 is 5.97 Å². The maximum atomic E-state index is 12.1. The van der Waals surface area contributed by atoms with E-state index in [-0.39, 0.29) is 5.97 Å². The van der Waals surface area contributed by atoms with Gasteiger partial charge < -0.3 is 9.64 Å². The molecule has 6 heteroatoms. The fourth-order valence-electron chi connectivity index (χ4n) is 2.25. The van der Waals surface area contributed by atoms with Crippen LogP contribution in [0.1, 0.15) is 39.8 Å². The van der Waals surface area contributed by atoms with Crippen molar-refractivity contribution < 1.29 is 9.53 Å². The molecular weight excluding hydrogens is 304 g/mol. The molecule has 2 heterocycles. The molecule has 0 spiro atoms. The molecule has 0 aromatic carbocycles. The minimum absolute atomic E-state index is 0.206. The molecule has 0 N–H and O–H groups in total. The van der Waals surface area contributed by atoms with Crippen LogP contribution in [0.25, 0.3) is 0 Å².